The molecule has 1 aliphatic rings. The maximum Gasteiger partial charge on any atom is 0.326 e. The Labute approximate surface area is 164 Å². The van der Waals surface area contributed by atoms with Crippen molar-refractivity contribution in [2.45, 2.75) is 0 Å². The van der Waals surface area contributed by atoms with Gasteiger partial charge in [-0.05, 0) is 48.5 Å². The third kappa shape index (κ3) is 3.11. The monoisotopic (exact) mass is 396 g/mol. The number of hydrogen-bond acceptors (Lipinski definition) is 3. The fourth-order valence-electron chi connectivity index (χ4n) is 3.24. The smallest absolute Gasteiger partial charge is 0.326 e. The molecule has 8 heteroatoms. The number of hydrogen-bond donors (Lipinski definition) is 1. The molecule has 0 unspecified atom stereocenters. The van der Waals surface area contributed by atoms with Crippen molar-refractivity contribution in [1.29, 1.82) is 0 Å². The Morgan fingerprint density at radius 1 is 0.929 bits per heavy atom. The molecule has 4 rings (SSSR count). The number of benzene rings is 2. The molecule has 0 fully saturated rings. The van der Waals surface area contributed by atoms with Gasteiger partial charge in [0, 0.05) is 37.2 Å². The molecule has 3 aromatic rings. The van der Waals surface area contributed by atoms with Crippen LogP contribution in [-0.2, 0) is 10.2 Å². The molecule has 1 N–H and O–H groups in total. The molecule has 1 amide bonds. The summed E-state index contributed by atoms with van der Waals surface area (Å²) in [5.74, 6) is -0.239. The molecule has 7 nitrogen and oxygen atoms in total. The first-order valence-electron chi connectivity index (χ1n) is 8.86. The lowest BCUT2D eigenvalue weighted by Crippen LogP contribution is -2.40. The van der Waals surface area contributed by atoms with E-state index in [-0.39, 0.29) is 19.0 Å². The topological polar surface area (TPSA) is 74.7 Å². The van der Waals surface area contributed by atoms with Gasteiger partial charge in [0.1, 0.15) is 0 Å². The van der Waals surface area contributed by atoms with Crippen LogP contribution in [0.1, 0.15) is 10.4 Å². The highest BCUT2D eigenvalue weighted by atomic mass is 32.2. The van der Waals surface area contributed by atoms with Crippen molar-refractivity contribution < 1.29 is 13.2 Å². The number of carbonyl (C=O) groups is 1. The zero-order valence-corrected chi connectivity index (χ0v) is 16.1. The summed E-state index contributed by atoms with van der Waals surface area (Å²) < 4.78 is 29.7. The van der Waals surface area contributed by atoms with E-state index in [0.717, 1.165) is 5.69 Å². The number of amides is 1. The average Bonchev–Trinajstić information content (AvgIpc) is 3.30. The molecule has 1 aliphatic heterocycles. The molecule has 0 bridgehead atoms. The summed E-state index contributed by atoms with van der Waals surface area (Å²) in [6, 6.07) is 18.2. The second kappa shape index (κ2) is 7.05. The molecule has 0 radical (unpaired) electrons. The van der Waals surface area contributed by atoms with Gasteiger partial charge in [-0.2, -0.15) is 8.42 Å². The number of fused-ring (bicyclic) bond motifs is 1. The molecule has 2 aromatic carbocycles. The fraction of sp³-hybridized carbons (Fsp3) is 0.150. The molecule has 28 heavy (non-hydrogen) atoms. The van der Waals surface area contributed by atoms with E-state index in [9.17, 15) is 13.2 Å². The van der Waals surface area contributed by atoms with Gasteiger partial charge in [-0.3, -0.25) is 9.10 Å². The molecule has 0 atom stereocenters. The van der Waals surface area contributed by atoms with Crippen LogP contribution in [0.3, 0.4) is 0 Å². The van der Waals surface area contributed by atoms with Crippen LogP contribution in [-0.4, -0.2) is 39.0 Å². The number of carbonyl (C=O) groups excluding carboxylic acids is 1. The molecule has 0 aliphatic carbocycles. The lowest BCUT2D eigenvalue weighted by molar-refractivity contribution is 0.0955. The molecule has 144 valence electrons. The van der Waals surface area contributed by atoms with E-state index in [1.165, 1.54) is 15.7 Å². The van der Waals surface area contributed by atoms with Gasteiger partial charge in [0.05, 0.1) is 17.9 Å². The van der Waals surface area contributed by atoms with Crippen molar-refractivity contribution in [2.24, 2.45) is 0 Å². The first kappa shape index (κ1) is 18.1. The summed E-state index contributed by atoms with van der Waals surface area (Å²) in [5.41, 5.74) is 2.74. The van der Waals surface area contributed by atoms with Crippen molar-refractivity contribution in [3.05, 3.63) is 78.6 Å². The molecule has 0 spiro atoms. The van der Waals surface area contributed by atoms with Gasteiger partial charge in [0.2, 0.25) is 0 Å². The van der Waals surface area contributed by atoms with Crippen LogP contribution in [0.4, 0.5) is 11.4 Å². The molecule has 0 saturated heterocycles. The Kier molecular flexibility index (Phi) is 4.56. The van der Waals surface area contributed by atoms with E-state index in [1.807, 2.05) is 41.2 Å². The van der Waals surface area contributed by atoms with Gasteiger partial charge in [0.15, 0.2) is 0 Å². The third-order valence-electron chi connectivity index (χ3n) is 4.75. The van der Waals surface area contributed by atoms with E-state index in [2.05, 4.69) is 5.32 Å². The Morgan fingerprint density at radius 3 is 2.25 bits per heavy atom. The summed E-state index contributed by atoms with van der Waals surface area (Å²) in [4.78, 5) is 12.4. The van der Waals surface area contributed by atoms with Gasteiger partial charge in [-0.1, -0.05) is 12.1 Å². The van der Waals surface area contributed by atoms with Gasteiger partial charge in [-0.15, -0.1) is 0 Å². The lowest BCUT2D eigenvalue weighted by Gasteiger charge is -2.19. The Bertz CT molecular complexity index is 1090. The zero-order valence-electron chi connectivity index (χ0n) is 15.3. The predicted octanol–water partition coefficient (Wildman–Crippen LogP) is 2.41. The van der Waals surface area contributed by atoms with E-state index in [4.69, 9.17) is 0 Å². The molecular formula is C20H20N4O3S. The first-order valence-corrected chi connectivity index (χ1v) is 10.3. The lowest BCUT2D eigenvalue weighted by atomic mass is 10.2. The highest BCUT2D eigenvalue weighted by molar-refractivity contribution is 7.94. The zero-order chi connectivity index (χ0) is 19.7. The average molecular weight is 396 g/mol. The van der Waals surface area contributed by atoms with Crippen LogP contribution in [0.5, 0.6) is 0 Å². The third-order valence-corrected chi connectivity index (χ3v) is 6.57. The van der Waals surface area contributed by atoms with E-state index < -0.39 is 10.2 Å². The quantitative estimate of drug-likeness (QED) is 0.720. The number of aromatic nitrogens is 1. The number of rotatable bonds is 5. The standard InChI is InChI=1S/C20H20N4O3S/c1-22-18-6-2-3-7-19(18)24(28(22,26)27)15-12-21-20(25)16-8-10-17(11-9-16)23-13-4-5-14-23/h2-11,13-14H,12,15H2,1H3,(H,21,25). The van der Waals surface area contributed by atoms with Gasteiger partial charge >= 0.3 is 10.2 Å². The summed E-state index contributed by atoms with van der Waals surface area (Å²) >= 11 is 0. The van der Waals surface area contributed by atoms with E-state index in [1.54, 1.807) is 36.4 Å². The summed E-state index contributed by atoms with van der Waals surface area (Å²) in [7, 11) is -2.08. The number of para-hydroxylation sites is 2. The minimum absolute atomic E-state index is 0.164. The largest absolute Gasteiger partial charge is 0.350 e. The number of anilines is 2. The van der Waals surface area contributed by atoms with Crippen LogP contribution in [0.15, 0.2) is 73.1 Å². The number of nitrogens with zero attached hydrogens (tertiary/aromatic N) is 3. The van der Waals surface area contributed by atoms with Crippen LogP contribution in [0.25, 0.3) is 5.69 Å². The van der Waals surface area contributed by atoms with Gasteiger partial charge in [-0.25, -0.2) is 4.31 Å². The van der Waals surface area contributed by atoms with Crippen LogP contribution in [0.2, 0.25) is 0 Å². The first-order chi connectivity index (χ1) is 13.5. The highest BCUT2D eigenvalue weighted by Gasteiger charge is 2.37. The highest BCUT2D eigenvalue weighted by Crippen LogP contribution is 2.38. The molecule has 1 aromatic heterocycles. The summed E-state index contributed by atoms with van der Waals surface area (Å²) in [6.45, 7) is 0.371. The van der Waals surface area contributed by atoms with Gasteiger partial charge in [0.25, 0.3) is 5.91 Å². The summed E-state index contributed by atoms with van der Waals surface area (Å²) in [5, 5.41) is 2.79. The van der Waals surface area contributed by atoms with E-state index >= 15 is 0 Å². The van der Waals surface area contributed by atoms with Crippen molar-refractivity contribution >= 4 is 27.5 Å². The normalized spacial score (nSPS) is 14.8. The Balaban J connectivity index is 1.41. The van der Waals surface area contributed by atoms with Crippen molar-refractivity contribution in [1.82, 2.24) is 9.88 Å². The van der Waals surface area contributed by atoms with Gasteiger partial charge < -0.3 is 9.88 Å². The molecule has 0 saturated carbocycles. The van der Waals surface area contributed by atoms with Crippen LogP contribution in [0, 0.1) is 0 Å². The second-order valence-electron chi connectivity index (χ2n) is 6.43. The van der Waals surface area contributed by atoms with Crippen molar-refractivity contribution in [3.63, 3.8) is 0 Å². The minimum atomic E-state index is -3.61. The van der Waals surface area contributed by atoms with Crippen molar-refractivity contribution in [2.75, 3.05) is 28.7 Å². The SMILES string of the molecule is CN1c2ccccc2N(CCNC(=O)c2ccc(-n3cccc3)cc2)S1(=O)=O. The minimum Gasteiger partial charge on any atom is -0.350 e. The second-order valence-corrected chi connectivity index (χ2v) is 8.31. The number of nitrogens with one attached hydrogen (secondary N) is 1. The Hall–Kier alpha value is -3.26. The molecular weight excluding hydrogens is 376 g/mol. The van der Waals surface area contributed by atoms with Crippen LogP contribution < -0.4 is 13.9 Å². The maximum absolute atomic E-state index is 12.6. The van der Waals surface area contributed by atoms with E-state index in [0.29, 0.717) is 16.9 Å². The Morgan fingerprint density at radius 2 is 1.57 bits per heavy atom. The van der Waals surface area contributed by atoms with Crippen LogP contribution >= 0.6 is 0 Å². The maximum atomic E-state index is 12.6. The van der Waals surface area contributed by atoms with Crippen molar-refractivity contribution in [3.8, 4) is 5.69 Å². The molecule has 2 heterocycles. The predicted molar refractivity (Wildman–Crippen MR) is 109 cm³/mol. The summed E-state index contributed by atoms with van der Waals surface area (Å²) in [6.07, 6.45) is 3.86. The fourth-order valence-corrected chi connectivity index (χ4v) is 4.66.